The van der Waals surface area contributed by atoms with Crippen LogP contribution < -0.4 is 5.63 Å². The van der Waals surface area contributed by atoms with Crippen LogP contribution in [0, 0.1) is 0 Å². The van der Waals surface area contributed by atoms with E-state index in [9.17, 15) is 13.2 Å². The second kappa shape index (κ2) is 7.75. The lowest BCUT2D eigenvalue weighted by Gasteiger charge is -2.25. The average Bonchev–Trinajstić information content (AvgIpc) is 3.29. The van der Waals surface area contributed by atoms with Crippen LogP contribution in [0.3, 0.4) is 0 Å². The van der Waals surface area contributed by atoms with Gasteiger partial charge in [-0.1, -0.05) is 29.8 Å². The molecule has 1 fully saturated rings. The van der Waals surface area contributed by atoms with Gasteiger partial charge in [0.15, 0.2) is 0 Å². The van der Waals surface area contributed by atoms with E-state index in [0.29, 0.717) is 24.2 Å². The molecule has 0 saturated carbocycles. The molecule has 9 heteroatoms. The standard InChI is InChI=1S/C22H19N3O5S/c26-22-18(14-16-6-2-3-7-19(16)29-22)21-23-20(24-30-21)15-8-10-17(11-9-15)31(27,28)25-12-4-1-5-13-25/h2-3,6-11,14H,1,4-5,12-13H2. The molecule has 0 radical (unpaired) electrons. The fourth-order valence-electron chi connectivity index (χ4n) is 3.69. The summed E-state index contributed by atoms with van der Waals surface area (Å²) < 4.78 is 37.7. The van der Waals surface area contributed by atoms with Gasteiger partial charge in [0, 0.05) is 24.0 Å². The largest absolute Gasteiger partial charge is 0.422 e. The number of aromatic nitrogens is 2. The summed E-state index contributed by atoms with van der Waals surface area (Å²) in [5.74, 6) is 0.295. The molecule has 1 aliphatic rings. The zero-order valence-corrected chi connectivity index (χ0v) is 17.3. The summed E-state index contributed by atoms with van der Waals surface area (Å²) in [5.41, 5.74) is 0.651. The Balaban J connectivity index is 1.44. The summed E-state index contributed by atoms with van der Waals surface area (Å²) in [4.78, 5) is 16.9. The lowest BCUT2D eigenvalue weighted by molar-refractivity contribution is 0.346. The number of benzene rings is 2. The third kappa shape index (κ3) is 3.66. The third-order valence-electron chi connectivity index (χ3n) is 5.36. The van der Waals surface area contributed by atoms with E-state index >= 15 is 0 Å². The molecular formula is C22H19N3O5S. The Labute approximate surface area is 178 Å². The molecule has 0 spiro atoms. The van der Waals surface area contributed by atoms with Crippen molar-refractivity contribution in [3.05, 3.63) is 65.0 Å². The minimum atomic E-state index is -3.51. The van der Waals surface area contributed by atoms with Crippen molar-refractivity contribution in [2.75, 3.05) is 13.1 Å². The van der Waals surface area contributed by atoms with Crippen LogP contribution in [-0.4, -0.2) is 36.0 Å². The third-order valence-corrected chi connectivity index (χ3v) is 7.28. The number of fused-ring (bicyclic) bond motifs is 1. The molecule has 0 atom stereocenters. The lowest BCUT2D eigenvalue weighted by atomic mass is 10.2. The number of nitrogens with zero attached hydrogens (tertiary/aromatic N) is 3. The number of hydrogen-bond donors (Lipinski definition) is 0. The Morgan fingerprint density at radius 2 is 1.68 bits per heavy atom. The van der Waals surface area contributed by atoms with Gasteiger partial charge in [-0.2, -0.15) is 9.29 Å². The maximum absolute atomic E-state index is 12.8. The minimum absolute atomic E-state index is 0.0412. The van der Waals surface area contributed by atoms with Crippen LogP contribution in [0.5, 0.6) is 0 Å². The fraction of sp³-hybridized carbons (Fsp3) is 0.227. The first kappa shape index (κ1) is 19.7. The van der Waals surface area contributed by atoms with E-state index in [1.807, 2.05) is 12.1 Å². The van der Waals surface area contributed by atoms with Crippen molar-refractivity contribution in [2.24, 2.45) is 0 Å². The Morgan fingerprint density at radius 1 is 0.935 bits per heavy atom. The van der Waals surface area contributed by atoms with Crippen molar-refractivity contribution in [3.8, 4) is 22.8 Å². The van der Waals surface area contributed by atoms with E-state index in [-0.39, 0.29) is 22.2 Å². The average molecular weight is 437 g/mol. The molecule has 3 heterocycles. The van der Waals surface area contributed by atoms with Gasteiger partial charge in [0.2, 0.25) is 15.8 Å². The van der Waals surface area contributed by atoms with Gasteiger partial charge in [-0.05, 0) is 49.2 Å². The van der Waals surface area contributed by atoms with Gasteiger partial charge in [-0.3, -0.25) is 0 Å². The minimum Gasteiger partial charge on any atom is -0.422 e. The molecule has 158 valence electrons. The van der Waals surface area contributed by atoms with Crippen LogP contribution in [-0.2, 0) is 10.0 Å². The fourth-order valence-corrected chi connectivity index (χ4v) is 5.21. The van der Waals surface area contributed by atoms with E-state index in [1.165, 1.54) is 4.31 Å². The monoisotopic (exact) mass is 437 g/mol. The maximum Gasteiger partial charge on any atom is 0.349 e. The molecule has 5 rings (SSSR count). The number of piperidine rings is 1. The number of hydrogen-bond acceptors (Lipinski definition) is 7. The molecule has 0 amide bonds. The molecule has 2 aromatic heterocycles. The van der Waals surface area contributed by atoms with Gasteiger partial charge in [-0.15, -0.1) is 0 Å². The summed E-state index contributed by atoms with van der Waals surface area (Å²) in [6.07, 6.45) is 2.82. The molecule has 4 aromatic rings. The van der Waals surface area contributed by atoms with E-state index in [4.69, 9.17) is 8.94 Å². The van der Waals surface area contributed by atoms with Crippen LogP contribution in [0.2, 0.25) is 0 Å². The van der Waals surface area contributed by atoms with Crippen molar-refractivity contribution in [2.45, 2.75) is 24.2 Å². The molecule has 0 bridgehead atoms. The van der Waals surface area contributed by atoms with E-state index in [1.54, 1.807) is 42.5 Å². The highest BCUT2D eigenvalue weighted by Crippen LogP contribution is 2.26. The SMILES string of the molecule is O=c1oc2ccccc2cc1-c1nc(-c2ccc(S(=O)(=O)N3CCCCC3)cc2)no1. The van der Waals surface area contributed by atoms with Crippen molar-refractivity contribution >= 4 is 21.0 Å². The molecule has 2 aromatic carbocycles. The van der Waals surface area contributed by atoms with E-state index in [2.05, 4.69) is 10.1 Å². The highest BCUT2D eigenvalue weighted by Gasteiger charge is 2.26. The molecular weight excluding hydrogens is 418 g/mol. The van der Waals surface area contributed by atoms with Gasteiger partial charge in [0.1, 0.15) is 11.1 Å². The van der Waals surface area contributed by atoms with Crippen LogP contribution in [0.1, 0.15) is 19.3 Å². The lowest BCUT2D eigenvalue weighted by Crippen LogP contribution is -2.35. The van der Waals surface area contributed by atoms with Gasteiger partial charge < -0.3 is 8.94 Å². The first-order valence-electron chi connectivity index (χ1n) is 10.00. The van der Waals surface area contributed by atoms with Gasteiger partial charge in [0.05, 0.1) is 4.90 Å². The molecule has 0 unspecified atom stereocenters. The highest BCUT2D eigenvalue weighted by molar-refractivity contribution is 7.89. The normalized spacial score (nSPS) is 15.4. The maximum atomic E-state index is 12.8. The molecule has 0 aliphatic carbocycles. The van der Waals surface area contributed by atoms with Gasteiger partial charge in [0.25, 0.3) is 5.89 Å². The van der Waals surface area contributed by atoms with Crippen LogP contribution >= 0.6 is 0 Å². The summed E-state index contributed by atoms with van der Waals surface area (Å²) in [5, 5.41) is 4.68. The van der Waals surface area contributed by atoms with Crippen LogP contribution in [0.4, 0.5) is 0 Å². The molecule has 31 heavy (non-hydrogen) atoms. The predicted molar refractivity (Wildman–Crippen MR) is 114 cm³/mol. The summed E-state index contributed by atoms with van der Waals surface area (Å²) in [7, 11) is -3.51. The second-order valence-electron chi connectivity index (χ2n) is 7.40. The number of para-hydroxylation sites is 1. The Morgan fingerprint density at radius 3 is 2.45 bits per heavy atom. The van der Waals surface area contributed by atoms with Crippen molar-refractivity contribution in [3.63, 3.8) is 0 Å². The summed E-state index contributed by atoms with van der Waals surface area (Å²) >= 11 is 0. The highest BCUT2D eigenvalue weighted by atomic mass is 32.2. The number of sulfonamides is 1. The molecule has 0 N–H and O–H groups in total. The van der Waals surface area contributed by atoms with E-state index in [0.717, 1.165) is 24.6 Å². The quantitative estimate of drug-likeness (QED) is 0.448. The first-order valence-corrected chi connectivity index (χ1v) is 11.4. The zero-order chi connectivity index (χ0) is 21.4. The van der Waals surface area contributed by atoms with Gasteiger partial charge in [-0.25, -0.2) is 13.2 Å². The van der Waals surface area contributed by atoms with Crippen LogP contribution in [0.15, 0.2) is 73.2 Å². The Hall–Kier alpha value is -3.30. The van der Waals surface area contributed by atoms with E-state index < -0.39 is 15.6 Å². The molecule has 1 saturated heterocycles. The smallest absolute Gasteiger partial charge is 0.349 e. The molecule has 1 aliphatic heterocycles. The zero-order valence-electron chi connectivity index (χ0n) is 16.5. The Kier molecular flexibility index (Phi) is 4.91. The molecule has 8 nitrogen and oxygen atoms in total. The number of rotatable bonds is 4. The van der Waals surface area contributed by atoms with Crippen LogP contribution in [0.25, 0.3) is 33.8 Å². The van der Waals surface area contributed by atoms with Crippen molar-refractivity contribution in [1.82, 2.24) is 14.4 Å². The van der Waals surface area contributed by atoms with Gasteiger partial charge >= 0.3 is 5.63 Å². The predicted octanol–water partition coefficient (Wildman–Crippen LogP) is 3.68. The van der Waals surface area contributed by atoms with Crippen molar-refractivity contribution in [1.29, 1.82) is 0 Å². The first-order chi connectivity index (χ1) is 15.0. The summed E-state index contributed by atoms with van der Waals surface area (Å²) in [6, 6.07) is 15.1. The Bertz CT molecular complexity index is 1400. The second-order valence-corrected chi connectivity index (χ2v) is 9.34. The van der Waals surface area contributed by atoms with Crippen molar-refractivity contribution < 1.29 is 17.4 Å². The topological polar surface area (TPSA) is 107 Å². The summed E-state index contributed by atoms with van der Waals surface area (Å²) in [6.45, 7) is 1.10.